The molecule has 0 amide bonds. The van der Waals surface area contributed by atoms with Gasteiger partial charge in [0.25, 0.3) is 0 Å². The summed E-state index contributed by atoms with van der Waals surface area (Å²) in [5, 5.41) is 0. The quantitative estimate of drug-likeness (QED) is 0.744. The Morgan fingerprint density at radius 3 is 2.24 bits per heavy atom. The van der Waals surface area contributed by atoms with Crippen molar-refractivity contribution < 1.29 is 9.53 Å². The number of likely N-dealkylation sites (tertiary alicyclic amines) is 1. The highest BCUT2D eigenvalue weighted by molar-refractivity contribution is 5.71. The molecule has 2 aromatic carbocycles. The predicted octanol–water partition coefficient (Wildman–Crippen LogP) is 4.09. The third kappa shape index (κ3) is 4.70. The third-order valence-electron chi connectivity index (χ3n) is 4.99. The van der Waals surface area contributed by atoms with Gasteiger partial charge in [0.2, 0.25) is 0 Å². The van der Waals surface area contributed by atoms with Gasteiger partial charge in [-0.1, -0.05) is 60.7 Å². The molecule has 0 spiro atoms. The van der Waals surface area contributed by atoms with Crippen molar-refractivity contribution in [1.29, 1.82) is 0 Å². The zero-order valence-corrected chi connectivity index (χ0v) is 14.9. The van der Waals surface area contributed by atoms with Gasteiger partial charge in [0.05, 0.1) is 13.2 Å². The zero-order valence-electron chi connectivity index (χ0n) is 14.9. The smallest absolute Gasteiger partial charge is 0.320 e. The molecule has 1 aliphatic heterocycles. The maximum atomic E-state index is 11.9. The third-order valence-corrected chi connectivity index (χ3v) is 4.99. The molecule has 1 atom stereocenters. The van der Waals surface area contributed by atoms with Crippen LogP contribution in [0.1, 0.15) is 36.8 Å². The minimum Gasteiger partial charge on any atom is -0.465 e. The van der Waals surface area contributed by atoms with E-state index >= 15 is 0 Å². The predicted molar refractivity (Wildman–Crippen MR) is 101 cm³/mol. The number of rotatable bonds is 6. The fourth-order valence-electron chi connectivity index (χ4n) is 3.95. The van der Waals surface area contributed by atoms with Crippen molar-refractivity contribution in [3.63, 3.8) is 0 Å². The molecule has 3 nitrogen and oxygen atoms in total. The van der Waals surface area contributed by atoms with Gasteiger partial charge in [-0.2, -0.15) is 0 Å². The van der Waals surface area contributed by atoms with Crippen LogP contribution in [0, 0.1) is 5.92 Å². The molecule has 1 saturated heterocycles. The molecule has 0 aromatic heterocycles. The van der Waals surface area contributed by atoms with E-state index in [0.717, 1.165) is 19.5 Å². The van der Waals surface area contributed by atoms with Crippen LogP contribution >= 0.6 is 0 Å². The summed E-state index contributed by atoms with van der Waals surface area (Å²) in [5.74, 6) is 0.763. The molecular formula is C22H27NO2. The average molecular weight is 337 g/mol. The largest absolute Gasteiger partial charge is 0.465 e. The van der Waals surface area contributed by atoms with Gasteiger partial charge in [0.15, 0.2) is 0 Å². The van der Waals surface area contributed by atoms with Crippen molar-refractivity contribution in [2.24, 2.45) is 5.92 Å². The summed E-state index contributed by atoms with van der Waals surface area (Å²) in [4.78, 5) is 14.1. The number of carbonyl (C=O) groups excluding carboxylic acids is 1. The molecule has 1 heterocycles. The summed E-state index contributed by atoms with van der Waals surface area (Å²) in [7, 11) is 0. The minimum atomic E-state index is -0.112. The van der Waals surface area contributed by atoms with Crippen LogP contribution in [0.15, 0.2) is 60.7 Å². The van der Waals surface area contributed by atoms with Crippen LogP contribution < -0.4 is 0 Å². The van der Waals surface area contributed by atoms with Crippen LogP contribution in [0.3, 0.4) is 0 Å². The van der Waals surface area contributed by atoms with Crippen LogP contribution in [0.5, 0.6) is 0 Å². The SMILES string of the molecule is CCOC(=O)CN1CCCC(C(c2ccccc2)c2ccccc2)C1. The maximum Gasteiger partial charge on any atom is 0.320 e. The lowest BCUT2D eigenvalue weighted by atomic mass is 9.77. The van der Waals surface area contributed by atoms with Gasteiger partial charge >= 0.3 is 5.97 Å². The molecule has 0 N–H and O–H groups in total. The number of ether oxygens (including phenoxy) is 1. The molecule has 25 heavy (non-hydrogen) atoms. The van der Waals surface area contributed by atoms with Gasteiger partial charge < -0.3 is 4.74 Å². The summed E-state index contributed by atoms with van der Waals surface area (Å²) in [5.41, 5.74) is 2.72. The van der Waals surface area contributed by atoms with Gasteiger partial charge in [-0.25, -0.2) is 0 Å². The highest BCUT2D eigenvalue weighted by Crippen LogP contribution is 2.36. The van der Waals surface area contributed by atoms with Gasteiger partial charge in [-0.05, 0) is 43.4 Å². The summed E-state index contributed by atoms with van der Waals surface area (Å²) in [6.45, 7) is 4.63. The van der Waals surface area contributed by atoms with Gasteiger partial charge in [0, 0.05) is 12.5 Å². The molecular weight excluding hydrogens is 310 g/mol. The normalized spacial score (nSPS) is 18.2. The number of carbonyl (C=O) groups is 1. The van der Waals surface area contributed by atoms with E-state index in [-0.39, 0.29) is 5.97 Å². The van der Waals surface area contributed by atoms with Crippen LogP contribution in [0.2, 0.25) is 0 Å². The monoisotopic (exact) mass is 337 g/mol. The Hall–Kier alpha value is -2.13. The number of hydrogen-bond donors (Lipinski definition) is 0. The van der Waals surface area contributed by atoms with E-state index in [1.807, 2.05) is 6.92 Å². The lowest BCUT2D eigenvalue weighted by Crippen LogP contribution is -2.41. The Morgan fingerprint density at radius 1 is 1.08 bits per heavy atom. The van der Waals surface area contributed by atoms with Crippen molar-refractivity contribution in [2.75, 3.05) is 26.2 Å². The fraction of sp³-hybridized carbons (Fsp3) is 0.409. The van der Waals surface area contributed by atoms with Crippen LogP contribution in [0.4, 0.5) is 0 Å². The van der Waals surface area contributed by atoms with Crippen LogP contribution in [0.25, 0.3) is 0 Å². The Balaban J connectivity index is 1.80. The highest BCUT2D eigenvalue weighted by atomic mass is 16.5. The van der Waals surface area contributed by atoms with Crippen molar-refractivity contribution in [1.82, 2.24) is 4.90 Å². The summed E-state index contributed by atoms with van der Waals surface area (Å²) in [6, 6.07) is 21.5. The molecule has 0 saturated carbocycles. The molecule has 0 aliphatic carbocycles. The van der Waals surface area contributed by atoms with Crippen LogP contribution in [-0.2, 0) is 9.53 Å². The van der Waals surface area contributed by atoms with E-state index in [2.05, 4.69) is 65.6 Å². The standard InChI is InChI=1S/C22H27NO2/c1-2-25-21(24)17-23-15-9-14-20(16-23)22(18-10-5-3-6-11-18)19-12-7-4-8-13-19/h3-8,10-13,20,22H,2,9,14-17H2,1H3. The fourth-order valence-corrected chi connectivity index (χ4v) is 3.95. The Labute approximate surface area is 150 Å². The van der Waals surface area contributed by atoms with Crippen molar-refractivity contribution in [3.05, 3.63) is 71.8 Å². The number of esters is 1. The molecule has 1 aliphatic rings. The summed E-state index contributed by atoms with van der Waals surface area (Å²) in [6.07, 6.45) is 2.31. The van der Waals surface area contributed by atoms with Gasteiger partial charge in [-0.15, -0.1) is 0 Å². The molecule has 0 bridgehead atoms. The number of nitrogens with zero attached hydrogens (tertiary/aromatic N) is 1. The summed E-state index contributed by atoms with van der Waals surface area (Å²) < 4.78 is 5.13. The van der Waals surface area contributed by atoms with Gasteiger partial charge in [-0.3, -0.25) is 9.69 Å². The molecule has 2 aromatic rings. The van der Waals surface area contributed by atoms with E-state index in [9.17, 15) is 4.79 Å². The average Bonchev–Trinajstić information content (AvgIpc) is 2.64. The Kier molecular flexibility index (Phi) is 6.24. The molecule has 132 valence electrons. The van der Waals surface area contributed by atoms with E-state index in [1.165, 1.54) is 17.5 Å². The summed E-state index contributed by atoms with van der Waals surface area (Å²) >= 11 is 0. The molecule has 1 fully saturated rings. The second-order valence-corrected chi connectivity index (χ2v) is 6.74. The van der Waals surface area contributed by atoms with Crippen LogP contribution in [-0.4, -0.2) is 37.1 Å². The first-order valence-corrected chi connectivity index (χ1v) is 9.25. The second kappa shape index (κ2) is 8.82. The van der Waals surface area contributed by atoms with Gasteiger partial charge in [0.1, 0.15) is 0 Å². The molecule has 0 radical (unpaired) electrons. The molecule has 1 unspecified atom stereocenters. The first-order chi connectivity index (χ1) is 12.3. The molecule has 3 heteroatoms. The molecule has 3 rings (SSSR count). The maximum absolute atomic E-state index is 11.9. The van der Waals surface area contributed by atoms with Crippen molar-refractivity contribution in [2.45, 2.75) is 25.7 Å². The van der Waals surface area contributed by atoms with Crippen molar-refractivity contribution in [3.8, 4) is 0 Å². The Bertz CT molecular complexity index is 617. The first-order valence-electron chi connectivity index (χ1n) is 9.25. The lowest BCUT2D eigenvalue weighted by Gasteiger charge is -2.37. The topological polar surface area (TPSA) is 29.5 Å². The second-order valence-electron chi connectivity index (χ2n) is 6.74. The number of benzene rings is 2. The first kappa shape index (κ1) is 17.7. The zero-order chi connectivity index (χ0) is 17.5. The van der Waals surface area contributed by atoms with E-state index in [1.54, 1.807) is 0 Å². The number of piperidine rings is 1. The van der Waals surface area contributed by atoms with E-state index in [0.29, 0.717) is 25.0 Å². The minimum absolute atomic E-state index is 0.112. The Morgan fingerprint density at radius 2 is 1.68 bits per heavy atom. The number of hydrogen-bond acceptors (Lipinski definition) is 3. The van der Waals surface area contributed by atoms with E-state index in [4.69, 9.17) is 4.74 Å². The van der Waals surface area contributed by atoms with Crippen molar-refractivity contribution >= 4 is 5.97 Å². The van der Waals surface area contributed by atoms with E-state index < -0.39 is 0 Å². The highest BCUT2D eigenvalue weighted by Gasteiger charge is 2.30. The lowest BCUT2D eigenvalue weighted by molar-refractivity contribution is -0.144.